The number of nitrogens with one attached hydrogen (secondary N) is 1. The Morgan fingerprint density at radius 3 is 2.94 bits per heavy atom. The zero-order chi connectivity index (χ0) is 11.8. The smallest absolute Gasteiger partial charge is 0.0278 e. The van der Waals surface area contributed by atoms with Crippen LogP contribution in [0.4, 0.5) is 0 Å². The van der Waals surface area contributed by atoms with Crippen molar-refractivity contribution < 1.29 is 0 Å². The summed E-state index contributed by atoms with van der Waals surface area (Å²) in [4.78, 5) is 6.21. The molecule has 0 aromatic heterocycles. The van der Waals surface area contributed by atoms with E-state index in [1.54, 1.807) is 0 Å². The van der Waals surface area contributed by atoms with Gasteiger partial charge in [0.25, 0.3) is 0 Å². The molecule has 3 heteroatoms. The molecular formula is C13H23N3. The molecular weight excluding hydrogens is 198 g/mol. The van der Waals surface area contributed by atoms with E-state index in [1.807, 2.05) is 13.3 Å². The third-order valence-corrected chi connectivity index (χ3v) is 2.64. The Morgan fingerprint density at radius 1 is 1.56 bits per heavy atom. The molecule has 1 rings (SSSR count). The fourth-order valence-electron chi connectivity index (χ4n) is 1.67. The van der Waals surface area contributed by atoms with Crippen molar-refractivity contribution in [2.24, 2.45) is 10.9 Å². The van der Waals surface area contributed by atoms with E-state index in [0.717, 1.165) is 26.1 Å². The van der Waals surface area contributed by atoms with E-state index in [0.29, 0.717) is 5.92 Å². The summed E-state index contributed by atoms with van der Waals surface area (Å²) in [5.74, 6) is 0.635. The SMILES string of the molecule is C/N=C/C1=CCC(CNCCN(C)C)C=C1. The van der Waals surface area contributed by atoms with Crippen LogP contribution in [0.25, 0.3) is 0 Å². The lowest BCUT2D eigenvalue weighted by molar-refractivity contribution is 0.394. The van der Waals surface area contributed by atoms with Crippen LogP contribution in [0.5, 0.6) is 0 Å². The zero-order valence-electron chi connectivity index (χ0n) is 10.6. The van der Waals surface area contributed by atoms with Crippen molar-refractivity contribution in [3.8, 4) is 0 Å². The highest BCUT2D eigenvalue weighted by Crippen LogP contribution is 2.14. The predicted molar refractivity (Wildman–Crippen MR) is 71.2 cm³/mol. The van der Waals surface area contributed by atoms with Crippen molar-refractivity contribution in [3.05, 3.63) is 23.8 Å². The van der Waals surface area contributed by atoms with Crippen molar-refractivity contribution in [1.29, 1.82) is 0 Å². The molecule has 0 bridgehead atoms. The number of likely N-dealkylation sites (N-methyl/N-ethyl adjacent to an activating group) is 1. The second-order valence-corrected chi connectivity index (χ2v) is 4.45. The first kappa shape index (κ1) is 13.1. The summed E-state index contributed by atoms with van der Waals surface area (Å²) >= 11 is 0. The van der Waals surface area contributed by atoms with Crippen LogP contribution < -0.4 is 5.32 Å². The molecule has 90 valence electrons. The fraction of sp³-hybridized carbons (Fsp3) is 0.615. The molecule has 1 N–H and O–H groups in total. The Labute approximate surface area is 98.9 Å². The van der Waals surface area contributed by atoms with Crippen molar-refractivity contribution in [2.45, 2.75) is 6.42 Å². The van der Waals surface area contributed by atoms with Gasteiger partial charge in [0.15, 0.2) is 0 Å². The first-order chi connectivity index (χ1) is 7.72. The van der Waals surface area contributed by atoms with E-state index in [9.17, 15) is 0 Å². The monoisotopic (exact) mass is 221 g/mol. The van der Waals surface area contributed by atoms with Crippen molar-refractivity contribution in [3.63, 3.8) is 0 Å². The van der Waals surface area contributed by atoms with Gasteiger partial charge in [-0.25, -0.2) is 0 Å². The molecule has 0 saturated carbocycles. The maximum Gasteiger partial charge on any atom is 0.0278 e. The minimum absolute atomic E-state index is 0.635. The summed E-state index contributed by atoms with van der Waals surface area (Å²) in [6, 6.07) is 0. The van der Waals surface area contributed by atoms with Gasteiger partial charge in [-0.3, -0.25) is 4.99 Å². The van der Waals surface area contributed by atoms with Gasteiger partial charge < -0.3 is 10.2 Å². The van der Waals surface area contributed by atoms with E-state index in [1.165, 1.54) is 5.57 Å². The van der Waals surface area contributed by atoms with Crippen LogP contribution in [0, 0.1) is 5.92 Å². The number of allylic oxidation sites excluding steroid dienone is 3. The molecule has 0 aliphatic heterocycles. The van der Waals surface area contributed by atoms with Gasteiger partial charge in [0, 0.05) is 32.9 Å². The number of aliphatic imine (C=N–C) groups is 1. The van der Waals surface area contributed by atoms with Crippen LogP contribution in [-0.2, 0) is 0 Å². The van der Waals surface area contributed by atoms with Gasteiger partial charge in [-0.15, -0.1) is 0 Å². The first-order valence-corrected chi connectivity index (χ1v) is 5.88. The Hall–Kier alpha value is -0.930. The van der Waals surface area contributed by atoms with Crippen molar-refractivity contribution >= 4 is 6.21 Å². The van der Waals surface area contributed by atoms with Gasteiger partial charge >= 0.3 is 0 Å². The topological polar surface area (TPSA) is 27.6 Å². The maximum absolute atomic E-state index is 4.01. The quantitative estimate of drug-likeness (QED) is 0.541. The predicted octanol–water partition coefficient (Wildman–Crippen LogP) is 1.34. The van der Waals surface area contributed by atoms with Crippen LogP contribution in [0.3, 0.4) is 0 Å². The van der Waals surface area contributed by atoms with Gasteiger partial charge in [-0.2, -0.15) is 0 Å². The average Bonchev–Trinajstić information content (AvgIpc) is 2.27. The number of nitrogens with zero attached hydrogens (tertiary/aromatic N) is 2. The molecule has 1 unspecified atom stereocenters. The van der Waals surface area contributed by atoms with E-state index < -0.39 is 0 Å². The molecule has 1 aliphatic carbocycles. The van der Waals surface area contributed by atoms with Crippen LogP contribution in [-0.4, -0.2) is 51.9 Å². The van der Waals surface area contributed by atoms with E-state index >= 15 is 0 Å². The minimum Gasteiger partial charge on any atom is -0.315 e. The molecule has 3 nitrogen and oxygen atoms in total. The molecule has 0 amide bonds. The summed E-state index contributed by atoms with van der Waals surface area (Å²) in [5.41, 5.74) is 1.23. The molecule has 16 heavy (non-hydrogen) atoms. The van der Waals surface area contributed by atoms with Crippen LogP contribution >= 0.6 is 0 Å². The van der Waals surface area contributed by atoms with Gasteiger partial charge in [0.2, 0.25) is 0 Å². The average molecular weight is 221 g/mol. The Morgan fingerprint density at radius 2 is 2.38 bits per heavy atom. The number of rotatable bonds is 6. The molecule has 0 aromatic rings. The van der Waals surface area contributed by atoms with E-state index in [2.05, 4.69) is 47.5 Å². The maximum atomic E-state index is 4.01. The lowest BCUT2D eigenvalue weighted by Gasteiger charge is -2.16. The summed E-state index contributed by atoms with van der Waals surface area (Å²) in [7, 11) is 6.01. The second-order valence-electron chi connectivity index (χ2n) is 4.45. The standard InChI is InChI=1S/C13H23N3/c1-14-10-12-4-6-13(7-5-12)11-15-8-9-16(2)3/h4-6,10,13,15H,7-9,11H2,1-3H3/b14-10+. The largest absolute Gasteiger partial charge is 0.315 e. The number of hydrogen-bond acceptors (Lipinski definition) is 3. The Bertz CT molecular complexity index is 277. The highest BCUT2D eigenvalue weighted by Gasteiger charge is 2.06. The van der Waals surface area contributed by atoms with Gasteiger partial charge in [-0.1, -0.05) is 18.2 Å². The third kappa shape index (κ3) is 5.24. The zero-order valence-corrected chi connectivity index (χ0v) is 10.6. The minimum atomic E-state index is 0.635. The second kappa shape index (κ2) is 7.36. The summed E-state index contributed by atoms with van der Waals surface area (Å²) in [6.45, 7) is 3.22. The molecule has 0 spiro atoms. The van der Waals surface area contributed by atoms with Gasteiger partial charge in [0.1, 0.15) is 0 Å². The summed E-state index contributed by atoms with van der Waals surface area (Å²) in [6.07, 6.45) is 9.72. The number of hydrogen-bond donors (Lipinski definition) is 1. The highest BCUT2D eigenvalue weighted by molar-refractivity contribution is 5.82. The van der Waals surface area contributed by atoms with E-state index in [4.69, 9.17) is 0 Å². The van der Waals surface area contributed by atoms with E-state index in [-0.39, 0.29) is 0 Å². The fourth-order valence-corrected chi connectivity index (χ4v) is 1.67. The lowest BCUT2D eigenvalue weighted by Crippen LogP contribution is -2.30. The molecule has 0 heterocycles. The molecule has 0 saturated heterocycles. The van der Waals surface area contributed by atoms with Crippen LogP contribution in [0.1, 0.15) is 6.42 Å². The highest BCUT2D eigenvalue weighted by atomic mass is 15.1. The van der Waals surface area contributed by atoms with Crippen LogP contribution in [0.2, 0.25) is 0 Å². The first-order valence-electron chi connectivity index (χ1n) is 5.88. The Balaban J connectivity index is 2.16. The molecule has 0 aromatic carbocycles. The van der Waals surface area contributed by atoms with Gasteiger partial charge in [-0.05, 0) is 32.0 Å². The van der Waals surface area contributed by atoms with Gasteiger partial charge in [0.05, 0.1) is 0 Å². The molecule has 0 fully saturated rings. The summed E-state index contributed by atoms with van der Waals surface area (Å²) in [5, 5.41) is 3.48. The summed E-state index contributed by atoms with van der Waals surface area (Å²) < 4.78 is 0. The normalized spacial score (nSPS) is 20.8. The third-order valence-electron chi connectivity index (χ3n) is 2.64. The Kier molecular flexibility index (Phi) is 6.04. The molecule has 0 radical (unpaired) electrons. The van der Waals surface area contributed by atoms with Crippen LogP contribution in [0.15, 0.2) is 28.8 Å². The molecule has 1 atom stereocenters. The molecule has 1 aliphatic rings. The lowest BCUT2D eigenvalue weighted by atomic mass is 9.97. The van der Waals surface area contributed by atoms with Crippen molar-refractivity contribution in [2.75, 3.05) is 40.8 Å². The van der Waals surface area contributed by atoms with Crippen molar-refractivity contribution in [1.82, 2.24) is 10.2 Å².